The highest BCUT2D eigenvalue weighted by molar-refractivity contribution is 8.18. The van der Waals surface area contributed by atoms with Gasteiger partial charge in [0.05, 0.1) is 11.6 Å². The van der Waals surface area contributed by atoms with Crippen molar-refractivity contribution < 1.29 is 9.59 Å². The van der Waals surface area contributed by atoms with E-state index in [2.05, 4.69) is 30.1 Å². The van der Waals surface area contributed by atoms with E-state index in [0.717, 1.165) is 47.4 Å². The summed E-state index contributed by atoms with van der Waals surface area (Å²) in [7, 11) is 0. The molecule has 0 saturated carbocycles. The number of thioether (sulfide) groups is 1. The van der Waals surface area contributed by atoms with Crippen molar-refractivity contribution in [1.82, 2.24) is 4.90 Å². The van der Waals surface area contributed by atoms with E-state index in [1.165, 1.54) is 10.5 Å². The zero-order valence-electron chi connectivity index (χ0n) is 17.4. The fourth-order valence-electron chi connectivity index (χ4n) is 3.33. The van der Waals surface area contributed by atoms with Gasteiger partial charge in [0, 0.05) is 24.5 Å². The van der Waals surface area contributed by atoms with Gasteiger partial charge in [-0.2, -0.15) is 0 Å². The van der Waals surface area contributed by atoms with Gasteiger partial charge in [-0.25, -0.2) is 0 Å². The zero-order chi connectivity index (χ0) is 21.0. The summed E-state index contributed by atoms with van der Waals surface area (Å²) in [4.78, 5) is 29.0. The van der Waals surface area contributed by atoms with Crippen LogP contribution < -0.4 is 10.2 Å². The summed E-state index contributed by atoms with van der Waals surface area (Å²) in [5.74, 6) is -0.259. The number of amides is 2. The van der Waals surface area contributed by atoms with Crippen LogP contribution in [0.1, 0.15) is 30.5 Å². The number of hydrogen-bond acceptors (Lipinski definition) is 5. The average Bonchev–Trinajstić information content (AvgIpc) is 2.96. The molecule has 2 aromatic carbocycles. The molecule has 1 fully saturated rings. The number of hydrogen-bond donors (Lipinski definition) is 1. The number of aryl methyl sites for hydroxylation is 2. The molecule has 1 aliphatic heterocycles. The first kappa shape index (κ1) is 21.0. The van der Waals surface area contributed by atoms with Gasteiger partial charge in [0.1, 0.15) is 0 Å². The van der Waals surface area contributed by atoms with Crippen LogP contribution in [0.4, 0.5) is 16.2 Å². The first-order chi connectivity index (χ1) is 13.9. The van der Waals surface area contributed by atoms with E-state index in [4.69, 9.17) is 0 Å². The first-order valence-corrected chi connectivity index (χ1v) is 10.7. The van der Waals surface area contributed by atoms with Crippen molar-refractivity contribution in [3.63, 3.8) is 0 Å². The van der Waals surface area contributed by atoms with Crippen LogP contribution in [0.2, 0.25) is 0 Å². The Kier molecular flexibility index (Phi) is 6.64. The molecule has 0 atom stereocenters. The summed E-state index contributed by atoms with van der Waals surface area (Å²) in [6.45, 7) is 10.3. The van der Waals surface area contributed by atoms with Gasteiger partial charge in [0.2, 0.25) is 0 Å². The van der Waals surface area contributed by atoms with Crippen molar-refractivity contribution in [3.05, 3.63) is 64.1 Å². The fourth-order valence-corrected chi connectivity index (χ4v) is 4.17. The number of anilines is 2. The Morgan fingerprint density at radius 3 is 2.34 bits per heavy atom. The van der Waals surface area contributed by atoms with Crippen molar-refractivity contribution in [1.29, 1.82) is 0 Å². The minimum Gasteiger partial charge on any atom is -0.372 e. The lowest BCUT2D eigenvalue weighted by atomic mass is 10.1. The van der Waals surface area contributed by atoms with E-state index >= 15 is 0 Å². The Morgan fingerprint density at radius 1 is 1.03 bits per heavy atom. The molecule has 1 saturated heterocycles. The van der Waals surface area contributed by atoms with E-state index in [9.17, 15) is 9.59 Å². The number of nitrogens with zero attached hydrogens (tertiary/aromatic N) is 2. The SMILES string of the molecule is CCN(CC)c1ccc(/C=C2\SC(=O)N(CNc3ccc(C)cc3C)C2=O)cc1. The number of carbonyl (C=O) groups excluding carboxylic acids is 2. The van der Waals surface area contributed by atoms with E-state index in [1.807, 2.05) is 50.2 Å². The maximum Gasteiger partial charge on any atom is 0.295 e. The van der Waals surface area contributed by atoms with Crippen LogP contribution in [0, 0.1) is 13.8 Å². The van der Waals surface area contributed by atoms with Crippen LogP contribution in [-0.4, -0.2) is 35.8 Å². The highest BCUT2D eigenvalue weighted by Gasteiger charge is 2.34. The molecule has 5 nitrogen and oxygen atoms in total. The summed E-state index contributed by atoms with van der Waals surface area (Å²) in [6.07, 6.45) is 1.79. The van der Waals surface area contributed by atoms with Crippen molar-refractivity contribution in [2.45, 2.75) is 27.7 Å². The molecule has 6 heteroatoms. The number of rotatable bonds is 7. The average molecular weight is 410 g/mol. The molecule has 1 heterocycles. The summed E-state index contributed by atoms with van der Waals surface area (Å²) in [6, 6.07) is 14.1. The van der Waals surface area contributed by atoms with E-state index in [-0.39, 0.29) is 17.8 Å². The standard InChI is InChI=1S/C23H27N3O2S/c1-5-25(6-2)19-10-8-18(9-11-19)14-21-22(27)26(23(28)29-21)15-24-20-12-7-16(3)13-17(20)4/h7-14,24H,5-6,15H2,1-4H3/b21-14-. The van der Waals surface area contributed by atoms with Gasteiger partial charge in [-0.05, 0) is 74.9 Å². The number of carbonyl (C=O) groups is 2. The van der Waals surface area contributed by atoms with Crippen LogP contribution in [0.5, 0.6) is 0 Å². The minimum absolute atomic E-state index is 0.160. The molecule has 0 unspecified atom stereocenters. The molecule has 3 rings (SSSR count). The predicted octanol–water partition coefficient (Wildman–Crippen LogP) is 5.26. The predicted molar refractivity (Wildman–Crippen MR) is 122 cm³/mol. The number of nitrogens with one attached hydrogen (secondary N) is 1. The summed E-state index contributed by atoms with van der Waals surface area (Å²) < 4.78 is 0. The highest BCUT2D eigenvalue weighted by Crippen LogP contribution is 2.32. The lowest BCUT2D eigenvalue weighted by Crippen LogP contribution is -2.33. The van der Waals surface area contributed by atoms with Crippen molar-refractivity contribution in [2.24, 2.45) is 0 Å². The van der Waals surface area contributed by atoms with Gasteiger partial charge in [0.15, 0.2) is 0 Å². The fraction of sp³-hybridized carbons (Fsp3) is 0.304. The molecular formula is C23H27N3O2S. The normalized spacial score (nSPS) is 15.3. The molecule has 2 aromatic rings. The highest BCUT2D eigenvalue weighted by atomic mass is 32.2. The molecular weight excluding hydrogens is 382 g/mol. The van der Waals surface area contributed by atoms with Gasteiger partial charge >= 0.3 is 0 Å². The Balaban J connectivity index is 1.69. The molecule has 0 aliphatic carbocycles. The molecule has 1 aliphatic rings. The number of imide groups is 1. The Bertz CT molecular complexity index is 934. The monoisotopic (exact) mass is 409 g/mol. The third kappa shape index (κ3) is 4.82. The minimum atomic E-state index is -0.259. The van der Waals surface area contributed by atoms with Gasteiger partial charge in [-0.15, -0.1) is 0 Å². The molecule has 1 N–H and O–H groups in total. The molecule has 0 aromatic heterocycles. The van der Waals surface area contributed by atoms with Crippen LogP contribution in [-0.2, 0) is 4.79 Å². The van der Waals surface area contributed by atoms with E-state index < -0.39 is 0 Å². The smallest absolute Gasteiger partial charge is 0.295 e. The van der Waals surface area contributed by atoms with Gasteiger partial charge in [-0.3, -0.25) is 14.5 Å². The Labute approximate surface area is 176 Å². The molecule has 29 heavy (non-hydrogen) atoms. The third-order valence-electron chi connectivity index (χ3n) is 5.00. The van der Waals surface area contributed by atoms with Gasteiger partial charge < -0.3 is 10.2 Å². The summed E-state index contributed by atoms with van der Waals surface area (Å²) in [5.41, 5.74) is 5.24. The lowest BCUT2D eigenvalue weighted by Gasteiger charge is -2.20. The topological polar surface area (TPSA) is 52.7 Å². The molecule has 2 amide bonds. The second-order valence-corrected chi connectivity index (χ2v) is 8.02. The van der Waals surface area contributed by atoms with E-state index in [0.29, 0.717) is 4.91 Å². The first-order valence-electron chi connectivity index (χ1n) is 9.84. The van der Waals surface area contributed by atoms with Crippen LogP contribution >= 0.6 is 11.8 Å². The van der Waals surface area contributed by atoms with Crippen LogP contribution in [0.3, 0.4) is 0 Å². The third-order valence-corrected chi connectivity index (χ3v) is 5.91. The molecule has 152 valence electrons. The second kappa shape index (κ2) is 9.18. The second-order valence-electron chi connectivity index (χ2n) is 7.03. The maximum absolute atomic E-state index is 12.7. The zero-order valence-corrected chi connectivity index (χ0v) is 18.2. The van der Waals surface area contributed by atoms with Crippen LogP contribution in [0.25, 0.3) is 6.08 Å². The largest absolute Gasteiger partial charge is 0.372 e. The van der Waals surface area contributed by atoms with Gasteiger partial charge in [-0.1, -0.05) is 29.8 Å². The Morgan fingerprint density at radius 2 is 1.72 bits per heavy atom. The summed E-state index contributed by atoms with van der Waals surface area (Å²) >= 11 is 0.986. The maximum atomic E-state index is 12.7. The van der Waals surface area contributed by atoms with Crippen molar-refractivity contribution in [3.8, 4) is 0 Å². The van der Waals surface area contributed by atoms with Crippen LogP contribution in [0.15, 0.2) is 47.4 Å². The molecule has 0 bridgehead atoms. The van der Waals surface area contributed by atoms with Gasteiger partial charge in [0.25, 0.3) is 11.1 Å². The molecule has 0 radical (unpaired) electrons. The van der Waals surface area contributed by atoms with Crippen molar-refractivity contribution >= 4 is 40.4 Å². The summed E-state index contributed by atoms with van der Waals surface area (Å²) in [5, 5.41) is 2.95. The van der Waals surface area contributed by atoms with Crippen molar-refractivity contribution in [2.75, 3.05) is 30.0 Å². The van der Waals surface area contributed by atoms with E-state index in [1.54, 1.807) is 6.08 Å². The lowest BCUT2D eigenvalue weighted by molar-refractivity contribution is -0.122. The quantitative estimate of drug-likeness (QED) is 0.633. The molecule has 0 spiro atoms. The number of benzene rings is 2. The Hall–Kier alpha value is -2.73.